The van der Waals surface area contributed by atoms with E-state index in [1.54, 1.807) is 38.2 Å². The third-order valence-electron chi connectivity index (χ3n) is 6.71. The second-order valence-corrected chi connectivity index (χ2v) is 9.52. The van der Waals surface area contributed by atoms with Gasteiger partial charge in [0.2, 0.25) is 5.88 Å². The summed E-state index contributed by atoms with van der Waals surface area (Å²) in [7, 11) is 1.57. The Balaban J connectivity index is 1.52. The Hall–Kier alpha value is -5.27. The maximum atomic E-state index is 14.3. The van der Waals surface area contributed by atoms with Gasteiger partial charge in [-0.2, -0.15) is 14.7 Å². The van der Waals surface area contributed by atoms with E-state index in [1.807, 2.05) is 6.92 Å². The number of rotatable bonds is 2. The number of aromatic nitrogens is 7. The molecule has 0 aliphatic carbocycles. The number of hydrogen-bond donors (Lipinski definition) is 3. The molecule has 2 bridgehead atoms. The SMILES string of the molecule is C[C@H]1CNC(=O)c2cnn3c(N)c(-c4ccc(-n5cnn(C)c5=O)cc4)c(nc23)N[C@H](C)c2cc(F)cnc2O1. The number of benzene rings is 1. The molecule has 0 fully saturated rings. The van der Waals surface area contributed by atoms with E-state index in [2.05, 4.69) is 25.8 Å². The van der Waals surface area contributed by atoms with Crippen LogP contribution in [0.1, 0.15) is 35.8 Å². The maximum Gasteiger partial charge on any atom is 0.350 e. The molecule has 0 unspecified atom stereocenters. The normalized spacial score (nSPS) is 17.2. The molecular weight excluding hydrogens is 519 g/mol. The highest BCUT2D eigenvalue weighted by molar-refractivity contribution is 6.01. The van der Waals surface area contributed by atoms with Gasteiger partial charge in [0, 0.05) is 12.6 Å². The van der Waals surface area contributed by atoms with Gasteiger partial charge in [-0.3, -0.25) is 4.79 Å². The average Bonchev–Trinajstić information content (AvgIpc) is 3.51. The molecule has 0 saturated heterocycles. The van der Waals surface area contributed by atoms with E-state index in [9.17, 15) is 14.0 Å². The summed E-state index contributed by atoms with van der Waals surface area (Å²) in [5.74, 6) is -0.138. The van der Waals surface area contributed by atoms with E-state index < -0.39 is 23.9 Å². The number of halogens is 1. The largest absolute Gasteiger partial charge is 0.473 e. The Morgan fingerprint density at radius 3 is 2.62 bits per heavy atom. The molecule has 1 aliphatic rings. The lowest BCUT2D eigenvalue weighted by Crippen LogP contribution is -2.34. The Bertz CT molecular complexity index is 1830. The molecule has 1 amide bonds. The first-order valence-electron chi connectivity index (χ1n) is 12.5. The summed E-state index contributed by atoms with van der Waals surface area (Å²) >= 11 is 0. The summed E-state index contributed by atoms with van der Waals surface area (Å²) in [6.45, 7) is 3.76. The van der Waals surface area contributed by atoms with Crippen molar-refractivity contribution in [3.05, 3.63) is 76.5 Å². The summed E-state index contributed by atoms with van der Waals surface area (Å²) in [5, 5.41) is 14.5. The van der Waals surface area contributed by atoms with Crippen LogP contribution in [0.25, 0.3) is 22.5 Å². The van der Waals surface area contributed by atoms with Crippen LogP contribution in [0.2, 0.25) is 0 Å². The fourth-order valence-corrected chi connectivity index (χ4v) is 4.61. The minimum absolute atomic E-state index is 0.170. The Morgan fingerprint density at radius 1 is 1.12 bits per heavy atom. The Kier molecular flexibility index (Phi) is 5.93. The summed E-state index contributed by atoms with van der Waals surface area (Å²) in [5.41, 5.74) is 9.06. The van der Waals surface area contributed by atoms with Crippen molar-refractivity contribution in [2.75, 3.05) is 17.6 Å². The first-order chi connectivity index (χ1) is 19.2. The number of nitrogens with one attached hydrogen (secondary N) is 2. The van der Waals surface area contributed by atoms with Gasteiger partial charge in [0.15, 0.2) is 5.65 Å². The molecule has 0 spiro atoms. The van der Waals surface area contributed by atoms with Crippen LogP contribution >= 0.6 is 0 Å². The van der Waals surface area contributed by atoms with E-state index in [0.29, 0.717) is 28.2 Å². The molecule has 0 radical (unpaired) electrons. The van der Waals surface area contributed by atoms with Crippen LogP contribution in [-0.4, -0.2) is 52.5 Å². The molecule has 4 aromatic heterocycles. The number of fused-ring (bicyclic) bond motifs is 2. The molecule has 5 aromatic rings. The molecule has 6 rings (SSSR count). The van der Waals surface area contributed by atoms with Crippen LogP contribution in [0.4, 0.5) is 16.0 Å². The predicted molar refractivity (Wildman–Crippen MR) is 144 cm³/mol. The molecule has 1 aliphatic heterocycles. The van der Waals surface area contributed by atoms with Crippen molar-refractivity contribution in [3.63, 3.8) is 0 Å². The zero-order valence-electron chi connectivity index (χ0n) is 21.8. The number of nitrogens with two attached hydrogens (primary N) is 1. The number of amides is 1. The number of ether oxygens (including phenoxy) is 1. The van der Waals surface area contributed by atoms with Crippen molar-refractivity contribution in [1.29, 1.82) is 0 Å². The smallest absolute Gasteiger partial charge is 0.350 e. The van der Waals surface area contributed by atoms with Gasteiger partial charge in [-0.1, -0.05) is 12.1 Å². The van der Waals surface area contributed by atoms with E-state index >= 15 is 0 Å². The lowest BCUT2D eigenvalue weighted by atomic mass is 10.0. The number of anilines is 2. The monoisotopic (exact) mass is 544 g/mol. The Morgan fingerprint density at radius 2 is 1.90 bits per heavy atom. The lowest BCUT2D eigenvalue weighted by Gasteiger charge is -2.22. The highest BCUT2D eigenvalue weighted by Gasteiger charge is 2.25. The van der Waals surface area contributed by atoms with Crippen LogP contribution in [0.15, 0.2) is 53.8 Å². The molecule has 4 N–H and O–H groups in total. The first-order valence-corrected chi connectivity index (χ1v) is 12.5. The van der Waals surface area contributed by atoms with Crippen LogP contribution in [0.3, 0.4) is 0 Å². The molecule has 40 heavy (non-hydrogen) atoms. The fourth-order valence-electron chi connectivity index (χ4n) is 4.61. The van der Waals surface area contributed by atoms with E-state index in [-0.39, 0.29) is 35.1 Å². The summed E-state index contributed by atoms with van der Waals surface area (Å²) in [4.78, 5) is 34.3. The number of carbonyl (C=O) groups excluding carboxylic acids is 1. The summed E-state index contributed by atoms with van der Waals surface area (Å²) in [6.07, 6.45) is 3.46. The number of carbonyl (C=O) groups is 1. The van der Waals surface area contributed by atoms with Crippen molar-refractivity contribution in [1.82, 2.24) is 39.2 Å². The third-order valence-corrected chi connectivity index (χ3v) is 6.71. The summed E-state index contributed by atoms with van der Waals surface area (Å²) < 4.78 is 24.3. The van der Waals surface area contributed by atoms with E-state index in [1.165, 1.54) is 32.4 Å². The highest BCUT2D eigenvalue weighted by Crippen LogP contribution is 2.37. The van der Waals surface area contributed by atoms with Crippen LogP contribution < -0.4 is 26.8 Å². The molecular formula is C26H25FN10O3. The first kappa shape index (κ1) is 25.0. The van der Waals surface area contributed by atoms with Gasteiger partial charge >= 0.3 is 5.69 Å². The van der Waals surface area contributed by atoms with Crippen molar-refractivity contribution in [2.45, 2.75) is 26.0 Å². The average molecular weight is 545 g/mol. The second kappa shape index (κ2) is 9.48. The number of hydrogen-bond acceptors (Lipinski definition) is 9. The van der Waals surface area contributed by atoms with Crippen molar-refractivity contribution in [3.8, 4) is 22.7 Å². The number of pyridine rings is 1. The van der Waals surface area contributed by atoms with Gasteiger partial charge in [0.25, 0.3) is 5.91 Å². The van der Waals surface area contributed by atoms with Gasteiger partial charge in [0.1, 0.15) is 35.4 Å². The number of nitrogen functional groups attached to an aromatic ring is 1. The van der Waals surface area contributed by atoms with E-state index in [0.717, 1.165) is 6.20 Å². The van der Waals surface area contributed by atoms with Gasteiger partial charge in [-0.15, -0.1) is 0 Å². The maximum absolute atomic E-state index is 14.3. The Labute approximate surface area is 226 Å². The second-order valence-electron chi connectivity index (χ2n) is 9.52. The van der Waals surface area contributed by atoms with Crippen LogP contribution in [-0.2, 0) is 7.05 Å². The van der Waals surface area contributed by atoms with Gasteiger partial charge in [-0.05, 0) is 37.6 Å². The molecule has 2 atom stereocenters. The minimum atomic E-state index is -0.525. The molecule has 1 aromatic carbocycles. The lowest BCUT2D eigenvalue weighted by molar-refractivity contribution is 0.0932. The van der Waals surface area contributed by atoms with Gasteiger partial charge in [0.05, 0.1) is 36.2 Å². The zero-order valence-corrected chi connectivity index (χ0v) is 21.8. The minimum Gasteiger partial charge on any atom is -0.473 e. The van der Waals surface area contributed by atoms with Crippen LogP contribution in [0, 0.1) is 5.82 Å². The topological polar surface area (TPSA) is 159 Å². The van der Waals surface area contributed by atoms with Crippen LogP contribution in [0.5, 0.6) is 5.88 Å². The van der Waals surface area contributed by atoms with Crippen molar-refractivity contribution in [2.24, 2.45) is 7.05 Å². The molecule has 204 valence electrons. The summed E-state index contributed by atoms with van der Waals surface area (Å²) in [6, 6.07) is 7.90. The molecule has 5 heterocycles. The van der Waals surface area contributed by atoms with E-state index in [4.69, 9.17) is 15.5 Å². The zero-order chi connectivity index (χ0) is 28.1. The third kappa shape index (κ3) is 4.19. The quantitative estimate of drug-likeness (QED) is 0.302. The van der Waals surface area contributed by atoms with Crippen molar-refractivity contribution >= 4 is 23.2 Å². The number of aryl methyl sites for hydroxylation is 1. The standard InChI is InChI=1S/C26H25FN10O3/c1-13-9-29-24(38)19-11-31-37-21(28)20(15-4-6-17(7-5-15)36-12-32-35(3)26(36)39)22(34-23(19)37)33-14(2)18-8-16(27)10-30-25(18)40-13/h4-8,10-14H,9,28H2,1-3H3,(H,29,38)(H,33,34)/t13-,14+/m0/s1. The van der Waals surface area contributed by atoms with Gasteiger partial charge in [-0.25, -0.2) is 28.4 Å². The van der Waals surface area contributed by atoms with Crippen molar-refractivity contribution < 1.29 is 13.9 Å². The fraction of sp³-hybridized carbons (Fsp3) is 0.231. The number of nitrogens with zero attached hydrogens (tertiary/aromatic N) is 7. The van der Waals surface area contributed by atoms with Gasteiger partial charge < -0.3 is 21.1 Å². The molecule has 14 heteroatoms. The predicted octanol–water partition coefficient (Wildman–Crippen LogP) is 2.08. The highest BCUT2D eigenvalue weighted by atomic mass is 19.1. The molecule has 0 saturated carbocycles. The molecule has 13 nitrogen and oxygen atoms in total.